The molecule has 0 spiro atoms. The van der Waals surface area contributed by atoms with Crippen molar-refractivity contribution in [1.82, 2.24) is 0 Å². The normalized spacial score (nSPS) is 13.7. The minimum absolute atomic E-state index is 0.00901. The lowest BCUT2D eigenvalue weighted by Gasteiger charge is -2.29. The van der Waals surface area contributed by atoms with Gasteiger partial charge < -0.3 is 15.4 Å². The highest BCUT2D eigenvalue weighted by Crippen LogP contribution is 2.33. The number of nitrogens with zero attached hydrogens (tertiary/aromatic N) is 1. The number of fused-ring (bicyclic) bond motifs is 1. The van der Waals surface area contributed by atoms with Gasteiger partial charge >= 0.3 is 0 Å². The van der Waals surface area contributed by atoms with Crippen molar-refractivity contribution in [2.75, 3.05) is 18.1 Å². The fourth-order valence-corrected chi connectivity index (χ4v) is 2.71. The van der Waals surface area contributed by atoms with E-state index in [1.807, 2.05) is 41.3 Å². The van der Waals surface area contributed by atoms with E-state index in [1.54, 1.807) is 0 Å². The molecule has 1 heterocycles. The van der Waals surface area contributed by atoms with Crippen LogP contribution >= 0.6 is 0 Å². The van der Waals surface area contributed by atoms with Crippen molar-refractivity contribution in [1.29, 1.82) is 0 Å². The summed E-state index contributed by atoms with van der Waals surface area (Å²) in [4.78, 5) is 14.0. The van der Waals surface area contributed by atoms with Crippen LogP contribution in [0, 0.1) is 0 Å². The molecule has 0 aliphatic carbocycles. The summed E-state index contributed by atoms with van der Waals surface area (Å²) in [6.45, 7) is 1.26. The third kappa shape index (κ3) is 3.12. The van der Waals surface area contributed by atoms with E-state index in [0.717, 1.165) is 29.8 Å². The predicted molar refractivity (Wildman–Crippen MR) is 86.9 cm³/mol. The van der Waals surface area contributed by atoms with Gasteiger partial charge in [-0.2, -0.15) is 0 Å². The quantitative estimate of drug-likeness (QED) is 0.922. The molecule has 114 valence electrons. The second-order valence-corrected chi connectivity index (χ2v) is 5.43. The van der Waals surface area contributed by atoms with Crippen LogP contribution < -0.4 is 15.4 Å². The lowest BCUT2D eigenvalue weighted by atomic mass is 10.1. The molecule has 0 atom stereocenters. The maximum Gasteiger partial charge on any atom is 0.265 e. The summed E-state index contributed by atoms with van der Waals surface area (Å²) in [5.74, 6) is 0.770. The molecule has 22 heavy (non-hydrogen) atoms. The molecule has 1 aliphatic rings. The number of carbonyl (C=O) groups is 1. The molecule has 1 aliphatic heterocycles. The molecule has 2 aromatic carbocycles. The highest BCUT2D eigenvalue weighted by Gasteiger charge is 2.25. The summed E-state index contributed by atoms with van der Waals surface area (Å²) in [6.07, 6.45) is 1.87. The monoisotopic (exact) mass is 296 g/mol. The molecule has 0 saturated heterocycles. The average Bonchev–Trinajstić information content (AvgIpc) is 2.57. The Labute approximate surface area is 130 Å². The first-order valence-corrected chi connectivity index (χ1v) is 7.58. The van der Waals surface area contributed by atoms with Crippen molar-refractivity contribution in [3.05, 3.63) is 59.7 Å². The molecule has 4 heteroatoms. The van der Waals surface area contributed by atoms with Gasteiger partial charge in [0.15, 0.2) is 6.61 Å². The van der Waals surface area contributed by atoms with Crippen LogP contribution in [0.1, 0.15) is 17.5 Å². The lowest BCUT2D eigenvalue weighted by Crippen LogP contribution is -2.39. The minimum Gasteiger partial charge on any atom is -0.482 e. The summed E-state index contributed by atoms with van der Waals surface area (Å²) >= 11 is 0. The van der Waals surface area contributed by atoms with E-state index in [2.05, 4.69) is 12.1 Å². The highest BCUT2D eigenvalue weighted by atomic mass is 16.5. The van der Waals surface area contributed by atoms with Gasteiger partial charge in [-0.25, -0.2) is 0 Å². The van der Waals surface area contributed by atoms with E-state index in [4.69, 9.17) is 10.5 Å². The molecule has 0 radical (unpaired) electrons. The van der Waals surface area contributed by atoms with Gasteiger partial charge in [-0.1, -0.05) is 36.4 Å². The third-order valence-corrected chi connectivity index (χ3v) is 3.89. The molecule has 2 N–H and O–H groups in total. The highest BCUT2D eigenvalue weighted by molar-refractivity contribution is 5.97. The number of carbonyl (C=O) groups excluding carboxylic acids is 1. The van der Waals surface area contributed by atoms with Gasteiger partial charge in [0.1, 0.15) is 5.75 Å². The van der Waals surface area contributed by atoms with Crippen molar-refractivity contribution in [2.45, 2.75) is 19.4 Å². The summed E-state index contributed by atoms with van der Waals surface area (Å²) in [5.41, 5.74) is 8.83. The molecule has 4 nitrogen and oxygen atoms in total. The van der Waals surface area contributed by atoms with Crippen molar-refractivity contribution >= 4 is 11.6 Å². The number of rotatable bonds is 5. The first kappa shape index (κ1) is 14.6. The molecular formula is C18H20N2O2. The van der Waals surface area contributed by atoms with Gasteiger partial charge in [0.2, 0.25) is 0 Å². The van der Waals surface area contributed by atoms with Crippen LogP contribution in [0.4, 0.5) is 5.69 Å². The predicted octanol–water partition coefficient (Wildman–Crippen LogP) is 2.50. The number of aryl methyl sites for hydroxylation is 1. The molecule has 0 fully saturated rings. The zero-order valence-electron chi connectivity index (χ0n) is 12.5. The summed E-state index contributed by atoms with van der Waals surface area (Å²) in [5, 5.41) is 0. The van der Waals surface area contributed by atoms with E-state index in [1.165, 1.54) is 5.56 Å². The van der Waals surface area contributed by atoms with Gasteiger partial charge in [0.05, 0.1) is 5.69 Å². The standard InChI is InChI=1S/C18H20N2O2/c19-12-15-8-9-17-16(11-15)20(18(21)13-22-17)10-4-7-14-5-2-1-3-6-14/h1-3,5-6,8-9,11H,4,7,10,12-13,19H2. The molecular weight excluding hydrogens is 276 g/mol. The number of nitrogens with two attached hydrogens (primary N) is 1. The molecule has 2 aromatic rings. The number of hydrogen-bond acceptors (Lipinski definition) is 3. The molecule has 0 aromatic heterocycles. The van der Waals surface area contributed by atoms with Gasteiger partial charge in [-0.15, -0.1) is 0 Å². The van der Waals surface area contributed by atoms with Crippen LogP contribution in [-0.4, -0.2) is 19.1 Å². The summed E-state index contributed by atoms with van der Waals surface area (Å²) in [7, 11) is 0. The van der Waals surface area contributed by atoms with Crippen LogP contribution in [0.5, 0.6) is 5.75 Å². The molecule has 1 amide bonds. The van der Waals surface area contributed by atoms with Crippen molar-refractivity contribution in [3.63, 3.8) is 0 Å². The maximum atomic E-state index is 12.2. The van der Waals surface area contributed by atoms with Crippen molar-refractivity contribution in [2.24, 2.45) is 5.73 Å². The molecule has 0 saturated carbocycles. The Morgan fingerprint density at radius 3 is 2.68 bits per heavy atom. The van der Waals surface area contributed by atoms with E-state index >= 15 is 0 Å². The van der Waals surface area contributed by atoms with E-state index < -0.39 is 0 Å². The maximum absolute atomic E-state index is 12.2. The average molecular weight is 296 g/mol. The Morgan fingerprint density at radius 1 is 1.09 bits per heavy atom. The van der Waals surface area contributed by atoms with Crippen LogP contribution in [-0.2, 0) is 17.8 Å². The molecule has 0 bridgehead atoms. The smallest absolute Gasteiger partial charge is 0.265 e. The number of benzene rings is 2. The SMILES string of the molecule is NCc1ccc2c(c1)N(CCCc1ccccc1)C(=O)CO2. The van der Waals surface area contributed by atoms with Crippen LogP contribution in [0.3, 0.4) is 0 Å². The fraction of sp³-hybridized carbons (Fsp3) is 0.278. The van der Waals surface area contributed by atoms with Gasteiger partial charge in [0, 0.05) is 13.1 Å². The lowest BCUT2D eigenvalue weighted by molar-refractivity contribution is -0.121. The second kappa shape index (κ2) is 6.62. The number of amides is 1. The zero-order chi connectivity index (χ0) is 15.4. The Balaban J connectivity index is 1.72. The first-order chi connectivity index (χ1) is 10.8. The largest absolute Gasteiger partial charge is 0.482 e. The Morgan fingerprint density at radius 2 is 1.91 bits per heavy atom. The van der Waals surface area contributed by atoms with Crippen LogP contribution in [0.2, 0.25) is 0 Å². The number of anilines is 1. The number of ether oxygens (including phenoxy) is 1. The van der Waals surface area contributed by atoms with Crippen molar-refractivity contribution in [3.8, 4) is 5.75 Å². The van der Waals surface area contributed by atoms with E-state index in [-0.39, 0.29) is 12.5 Å². The Kier molecular flexibility index (Phi) is 4.39. The van der Waals surface area contributed by atoms with Crippen LogP contribution in [0.25, 0.3) is 0 Å². The van der Waals surface area contributed by atoms with Crippen LogP contribution in [0.15, 0.2) is 48.5 Å². The summed E-state index contributed by atoms with van der Waals surface area (Å²) in [6, 6.07) is 16.1. The number of hydrogen-bond donors (Lipinski definition) is 1. The molecule has 0 unspecified atom stereocenters. The van der Waals surface area contributed by atoms with E-state index in [0.29, 0.717) is 13.1 Å². The topological polar surface area (TPSA) is 55.6 Å². The first-order valence-electron chi connectivity index (χ1n) is 7.58. The fourth-order valence-electron chi connectivity index (χ4n) is 2.71. The van der Waals surface area contributed by atoms with Gasteiger partial charge in [0.25, 0.3) is 5.91 Å². The minimum atomic E-state index is 0.00901. The Bertz CT molecular complexity index is 655. The summed E-state index contributed by atoms with van der Waals surface area (Å²) < 4.78 is 5.50. The third-order valence-electron chi connectivity index (χ3n) is 3.89. The zero-order valence-corrected chi connectivity index (χ0v) is 12.5. The van der Waals surface area contributed by atoms with Gasteiger partial charge in [-0.3, -0.25) is 4.79 Å². The van der Waals surface area contributed by atoms with Crippen molar-refractivity contribution < 1.29 is 9.53 Å². The molecule has 3 rings (SSSR count). The Hall–Kier alpha value is -2.33. The van der Waals surface area contributed by atoms with Gasteiger partial charge in [-0.05, 0) is 36.1 Å². The second-order valence-electron chi connectivity index (χ2n) is 5.43. The van der Waals surface area contributed by atoms with E-state index in [9.17, 15) is 4.79 Å².